The van der Waals surface area contributed by atoms with E-state index in [1.807, 2.05) is 12.1 Å². The van der Waals surface area contributed by atoms with Gasteiger partial charge in [-0.2, -0.15) is 0 Å². The molecule has 0 aliphatic carbocycles. The lowest BCUT2D eigenvalue weighted by Crippen LogP contribution is -2.21. The van der Waals surface area contributed by atoms with E-state index in [1.54, 1.807) is 0 Å². The molecule has 1 aliphatic rings. The molecular formula is C23H21ClN2. The molecule has 0 unspecified atom stereocenters. The smallest absolute Gasteiger partial charge is 0.128 e. The quantitative estimate of drug-likeness (QED) is 0.669. The lowest BCUT2D eigenvalue weighted by atomic mass is 9.93. The van der Waals surface area contributed by atoms with Crippen LogP contribution in [-0.4, -0.2) is 18.9 Å². The first-order valence-electron chi connectivity index (χ1n) is 9.02. The average molecular weight is 361 g/mol. The van der Waals surface area contributed by atoms with Crippen LogP contribution in [0.1, 0.15) is 16.7 Å². The summed E-state index contributed by atoms with van der Waals surface area (Å²) in [5, 5.41) is 4.18. The molecule has 1 heterocycles. The molecule has 0 aromatic heterocycles. The number of aliphatic imine (C=N–C) groups is 1. The molecule has 2 nitrogen and oxygen atoms in total. The SMILES string of the molecule is Clc1cccc(C2=NCCN2)c1CCc1ccccc1-c1ccccc1. The molecule has 130 valence electrons. The average Bonchev–Trinajstić information content (AvgIpc) is 3.22. The Kier molecular flexibility index (Phi) is 5.03. The summed E-state index contributed by atoms with van der Waals surface area (Å²) >= 11 is 6.55. The first-order chi connectivity index (χ1) is 12.8. The maximum Gasteiger partial charge on any atom is 0.128 e. The number of halogens is 1. The van der Waals surface area contributed by atoms with Gasteiger partial charge in [-0.05, 0) is 41.2 Å². The molecule has 0 atom stereocenters. The van der Waals surface area contributed by atoms with Crippen LogP contribution in [0.3, 0.4) is 0 Å². The first kappa shape index (κ1) is 16.9. The van der Waals surface area contributed by atoms with Crippen LogP contribution < -0.4 is 5.32 Å². The van der Waals surface area contributed by atoms with Gasteiger partial charge in [0.15, 0.2) is 0 Å². The molecule has 4 rings (SSSR count). The van der Waals surface area contributed by atoms with Crippen LogP contribution in [0.15, 0.2) is 77.8 Å². The Balaban J connectivity index is 1.63. The van der Waals surface area contributed by atoms with Gasteiger partial charge in [-0.25, -0.2) is 0 Å². The lowest BCUT2D eigenvalue weighted by molar-refractivity contribution is 0.947. The molecule has 0 amide bonds. The summed E-state index contributed by atoms with van der Waals surface area (Å²) < 4.78 is 0. The minimum Gasteiger partial charge on any atom is -0.368 e. The van der Waals surface area contributed by atoms with Crippen LogP contribution in [0.5, 0.6) is 0 Å². The highest BCUT2D eigenvalue weighted by molar-refractivity contribution is 6.32. The molecule has 1 N–H and O–H groups in total. The molecule has 26 heavy (non-hydrogen) atoms. The monoisotopic (exact) mass is 360 g/mol. The van der Waals surface area contributed by atoms with E-state index in [4.69, 9.17) is 11.6 Å². The van der Waals surface area contributed by atoms with Crippen LogP contribution in [0, 0.1) is 0 Å². The van der Waals surface area contributed by atoms with Crippen molar-refractivity contribution in [3.05, 3.63) is 94.5 Å². The van der Waals surface area contributed by atoms with Crippen molar-refractivity contribution in [2.24, 2.45) is 4.99 Å². The third kappa shape index (κ3) is 3.51. The molecule has 0 spiro atoms. The molecule has 0 radical (unpaired) electrons. The van der Waals surface area contributed by atoms with Gasteiger partial charge in [-0.3, -0.25) is 4.99 Å². The molecule has 0 fully saturated rings. The maximum absolute atomic E-state index is 6.55. The standard InChI is InChI=1S/C23H21ClN2/c24-22-12-6-11-21(23-25-15-16-26-23)20(22)14-13-18-9-4-5-10-19(18)17-7-2-1-3-8-17/h1-12H,13-16H2,(H,25,26). The first-order valence-corrected chi connectivity index (χ1v) is 9.40. The zero-order valence-corrected chi connectivity index (χ0v) is 15.3. The van der Waals surface area contributed by atoms with Crippen LogP contribution in [0.25, 0.3) is 11.1 Å². The van der Waals surface area contributed by atoms with Crippen LogP contribution in [0.4, 0.5) is 0 Å². The number of amidine groups is 1. The highest BCUT2D eigenvalue weighted by Gasteiger charge is 2.15. The number of benzene rings is 3. The van der Waals surface area contributed by atoms with Crippen LogP contribution >= 0.6 is 11.6 Å². The fourth-order valence-electron chi connectivity index (χ4n) is 3.51. The Bertz CT molecular complexity index is 932. The van der Waals surface area contributed by atoms with Crippen molar-refractivity contribution in [3.8, 4) is 11.1 Å². The van der Waals surface area contributed by atoms with Gasteiger partial charge in [0.1, 0.15) is 5.84 Å². The molecule has 3 heteroatoms. The van der Waals surface area contributed by atoms with Crippen molar-refractivity contribution < 1.29 is 0 Å². The fourth-order valence-corrected chi connectivity index (χ4v) is 3.78. The second-order valence-electron chi connectivity index (χ2n) is 6.45. The van der Waals surface area contributed by atoms with Gasteiger partial charge in [0.05, 0.1) is 6.54 Å². The second-order valence-corrected chi connectivity index (χ2v) is 6.85. The van der Waals surface area contributed by atoms with Gasteiger partial charge >= 0.3 is 0 Å². The number of hydrogen-bond acceptors (Lipinski definition) is 2. The minimum atomic E-state index is 0.816. The summed E-state index contributed by atoms with van der Waals surface area (Å²) in [6, 6.07) is 25.3. The number of nitrogens with one attached hydrogen (secondary N) is 1. The normalized spacial score (nSPS) is 13.3. The largest absolute Gasteiger partial charge is 0.368 e. The van der Waals surface area contributed by atoms with Crippen LogP contribution in [0.2, 0.25) is 5.02 Å². The van der Waals surface area contributed by atoms with Crippen molar-refractivity contribution in [1.29, 1.82) is 0 Å². The molecule has 0 bridgehead atoms. The van der Waals surface area contributed by atoms with Crippen molar-refractivity contribution in [3.63, 3.8) is 0 Å². The van der Waals surface area contributed by atoms with Crippen molar-refractivity contribution in [2.45, 2.75) is 12.8 Å². The summed E-state index contributed by atoms with van der Waals surface area (Å²) in [5.41, 5.74) is 6.19. The summed E-state index contributed by atoms with van der Waals surface area (Å²) in [4.78, 5) is 4.57. The van der Waals surface area contributed by atoms with Gasteiger partial charge in [-0.15, -0.1) is 0 Å². The predicted molar refractivity (Wildman–Crippen MR) is 110 cm³/mol. The fraction of sp³-hybridized carbons (Fsp3) is 0.174. The lowest BCUT2D eigenvalue weighted by Gasteiger charge is -2.14. The van der Waals surface area contributed by atoms with E-state index in [9.17, 15) is 0 Å². The number of aryl methyl sites for hydroxylation is 1. The number of rotatable bonds is 5. The summed E-state index contributed by atoms with van der Waals surface area (Å²) in [7, 11) is 0. The van der Waals surface area contributed by atoms with E-state index >= 15 is 0 Å². The van der Waals surface area contributed by atoms with Gasteiger partial charge in [0, 0.05) is 17.1 Å². The topological polar surface area (TPSA) is 24.4 Å². The Labute approximate surface area is 159 Å². The second kappa shape index (κ2) is 7.76. The number of hydrogen-bond donors (Lipinski definition) is 1. The van der Waals surface area contributed by atoms with Gasteiger partial charge in [0.25, 0.3) is 0 Å². The van der Waals surface area contributed by atoms with Gasteiger partial charge in [-0.1, -0.05) is 78.3 Å². The van der Waals surface area contributed by atoms with Gasteiger partial charge in [0.2, 0.25) is 0 Å². The van der Waals surface area contributed by atoms with E-state index in [0.717, 1.165) is 42.4 Å². The Morgan fingerprint density at radius 1 is 0.808 bits per heavy atom. The van der Waals surface area contributed by atoms with E-state index in [1.165, 1.54) is 22.3 Å². The van der Waals surface area contributed by atoms with E-state index in [0.29, 0.717) is 0 Å². The van der Waals surface area contributed by atoms with Crippen molar-refractivity contribution in [2.75, 3.05) is 13.1 Å². The highest BCUT2D eigenvalue weighted by atomic mass is 35.5. The maximum atomic E-state index is 6.55. The molecular weight excluding hydrogens is 340 g/mol. The van der Waals surface area contributed by atoms with Crippen molar-refractivity contribution >= 4 is 17.4 Å². The molecule has 1 aliphatic heterocycles. The predicted octanol–water partition coefficient (Wildman–Crippen LogP) is 5.14. The molecule has 0 saturated carbocycles. The molecule has 3 aromatic carbocycles. The third-order valence-electron chi connectivity index (χ3n) is 4.79. The van der Waals surface area contributed by atoms with E-state index in [-0.39, 0.29) is 0 Å². The van der Waals surface area contributed by atoms with Gasteiger partial charge < -0.3 is 5.32 Å². The van der Waals surface area contributed by atoms with Crippen LogP contribution in [-0.2, 0) is 12.8 Å². The summed E-state index contributed by atoms with van der Waals surface area (Å²) in [5.74, 6) is 0.971. The third-order valence-corrected chi connectivity index (χ3v) is 5.15. The zero-order valence-electron chi connectivity index (χ0n) is 14.6. The Morgan fingerprint density at radius 2 is 1.58 bits per heavy atom. The molecule has 0 saturated heterocycles. The minimum absolute atomic E-state index is 0.816. The highest BCUT2D eigenvalue weighted by Crippen LogP contribution is 2.27. The Morgan fingerprint density at radius 3 is 2.38 bits per heavy atom. The zero-order chi connectivity index (χ0) is 17.8. The molecule has 3 aromatic rings. The Hall–Kier alpha value is -2.58. The van der Waals surface area contributed by atoms with E-state index in [2.05, 4.69) is 71.0 Å². The number of nitrogens with zero attached hydrogens (tertiary/aromatic N) is 1. The summed E-state index contributed by atoms with van der Waals surface area (Å²) in [6.07, 6.45) is 1.83. The summed E-state index contributed by atoms with van der Waals surface area (Å²) in [6.45, 7) is 1.73. The van der Waals surface area contributed by atoms with E-state index < -0.39 is 0 Å². The van der Waals surface area contributed by atoms with Crippen molar-refractivity contribution in [1.82, 2.24) is 5.32 Å².